The first-order valence-electron chi connectivity index (χ1n) is 7.68. The van der Waals surface area contributed by atoms with Crippen LogP contribution in [0.4, 0.5) is 5.82 Å². The third kappa shape index (κ3) is 5.29. The number of anilines is 1. The fraction of sp³-hybridized carbons (Fsp3) is 0.714. The van der Waals surface area contributed by atoms with E-state index in [0.717, 1.165) is 18.9 Å². The maximum Gasteiger partial charge on any atom is 0.218 e. The number of hydrogen-bond acceptors (Lipinski definition) is 7. The molecule has 1 aromatic heterocycles. The predicted octanol–water partition coefficient (Wildman–Crippen LogP) is 0.328. The summed E-state index contributed by atoms with van der Waals surface area (Å²) in [5.41, 5.74) is 0. The Labute approximate surface area is 137 Å². The van der Waals surface area contributed by atoms with Gasteiger partial charge in [0.25, 0.3) is 0 Å². The van der Waals surface area contributed by atoms with Crippen LogP contribution in [0, 0.1) is 6.92 Å². The lowest BCUT2D eigenvalue weighted by atomic mass is 10.4. The number of hydrogen-bond donors (Lipinski definition) is 1. The minimum Gasteiger partial charge on any atom is -0.476 e. The molecule has 1 aliphatic heterocycles. The first-order valence-corrected chi connectivity index (χ1v) is 9.23. The average Bonchev–Trinajstić information content (AvgIpc) is 2.52. The lowest BCUT2D eigenvalue weighted by molar-refractivity contribution is 0.122. The summed E-state index contributed by atoms with van der Waals surface area (Å²) in [5, 5.41) is -0.461. The fourth-order valence-corrected chi connectivity index (χ4v) is 2.76. The Morgan fingerprint density at radius 2 is 2.04 bits per heavy atom. The van der Waals surface area contributed by atoms with Gasteiger partial charge in [-0.3, -0.25) is 0 Å². The molecule has 0 unspecified atom stereocenters. The van der Waals surface area contributed by atoms with Gasteiger partial charge in [-0.25, -0.2) is 18.1 Å². The Bertz CT molecular complexity index is 615. The molecular formula is C14H24N4O4S. The Hall–Kier alpha value is -1.45. The van der Waals surface area contributed by atoms with Gasteiger partial charge in [0.1, 0.15) is 18.2 Å². The zero-order valence-corrected chi connectivity index (χ0v) is 14.6. The van der Waals surface area contributed by atoms with E-state index in [2.05, 4.69) is 19.6 Å². The smallest absolute Gasteiger partial charge is 0.218 e. The predicted molar refractivity (Wildman–Crippen MR) is 87.4 cm³/mol. The minimum atomic E-state index is -3.27. The molecular weight excluding hydrogens is 320 g/mol. The highest BCUT2D eigenvalue weighted by molar-refractivity contribution is 7.90. The van der Waals surface area contributed by atoms with E-state index in [0.29, 0.717) is 24.9 Å². The molecule has 1 N–H and O–H groups in total. The van der Waals surface area contributed by atoms with Crippen LogP contribution in [0.15, 0.2) is 6.07 Å². The highest BCUT2D eigenvalue weighted by Gasteiger charge is 2.16. The topological polar surface area (TPSA) is 93.6 Å². The van der Waals surface area contributed by atoms with Gasteiger partial charge in [-0.15, -0.1) is 0 Å². The lowest BCUT2D eigenvalue weighted by Crippen LogP contribution is -2.37. The van der Waals surface area contributed by atoms with Crippen LogP contribution < -0.4 is 14.4 Å². The summed E-state index contributed by atoms with van der Waals surface area (Å²) in [6, 6.07) is 1.77. The molecule has 0 spiro atoms. The number of ether oxygens (including phenoxy) is 2. The molecule has 8 nitrogen and oxygen atoms in total. The van der Waals surface area contributed by atoms with Gasteiger partial charge >= 0.3 is 0 Å². The second kappa shape index (κ2) is 7.89. The molecule has 1 aromatic rings. The van der Waals surface area contributed by atoms with Crippen molar-refractivity contribution in [1.29, 1.82) is 0 Å². The van der Waals surface area contributed by atoms with Gasteiger partial charge < -0.3 is 14.4 Å². The Morgan fingerprint density at radius 3 is 2.70 bits per heavy atom. The third-order valence-electron chi connectivity index (χ3n) is 3.41. The number of nitrogens with one attached hydrogen (secondary N) is 1. The summed E-state index contributed by atoms with van der Waals surface area (Å²) in [6.45, 7) is 8.40. The molecule has 0 bridgehead atoms. The molecule has 130 valence electrons. The fourth-order valence-electron chi connectivity index (χ4n) is 2.06. The lowest BCUT2D eigenvalue weighted by Gasteiger charge is -2.28. The molecule has 0 radical (unpaired) electrons. The maximum atomic E-state index is 11.6. The van der Waals surface area contributed by atoms with Crippen LogP contribution in [0.1, 0.15) is 19.7 Å². The minimum absolute atomic E-state index is 0.205. The van der Waals surface area contributed by atoms with E-state index in [1.807, 2.05) is 0 Å². The molecule has 23 heavy (non-hydrogen) atoms. The van der Waals surface area contributed by atoms with Crippen molar-refractivity contribution in [3.05, 3.63) is 11.9 Å². The van der Waals surface area contributed by atoms with Gasteiger partial charge in [0.15, 0.2) is 0 Å². The van der Waals surface area contributed by atoms with Crippen molar-refractivity contribution in [1.82, 2.24) is 14.7 Å². The Balaban J connectivity index is 1.91. The van der Waals surface area contributed by atoms with Crippen LogP contribution in [0.5, 0.6) is 5.88 Å². The van der Waals surface area contributed by atoms with E-state index < -0.39 is 15.3 Å². The number of rotatable bonds is 7. The molecule has 2 rings (SSSR count). The van der Waals surface area contributed by atoms with Crippen LogP contribution in [0.3, 0.4) is 0 Å². The largest absolute Gasteiger partial charge is 0.476 e. The normalized spacial score (nSPS) is 15.9. The van der Waals surface area contributed by atoms with Crippen molar-refractivity contribution in [2.45, 2.75) is 26.0 Å². The maximum absolute atomic E-state index is 11.6. The van der Waals surface area contributed by atoms with Crippen molar-refractivity contribution >= 4 is 15.8 Å². The molecule has 0 aliphatic carbocycles. The number of sulfonamides is 1. The van der Waals surface area contributed by atoms with E-state index in [1.54, 1.807) is 26.8 Å². The number of aromatic nitrogens is 2. The molecule has 2 heterocycles. The summed E-state index contributed by atoms with van der Waals surface area (Å²) in [6.07, 6.45) is 0. The summed E-state index contributed by atoms with van der Waals surface area (Å²) in [5.74, 6) is 1.87. The monoisotopic (exact) mass is 344 g/mol. The standard InChI is InChI=1S/C14H24N4O4S/c1-11(2)23(19,20)15-4-7-22-14-10-13(16-12(3)17-14)18-5-8-21-9-6-18/h10-11,15H,4-9H2,1-3H3. The van der Waals surface area contributed by atoms with Gasteiger partial charge in [-0.05, 0) is 20.8 Å². The SMILES string of the molecule is Cc1nc(OCCNS(=O)(=O)C(C)C)cc(N2CCOCC2)n1. The zero-order valence-electron chi connectivity index (χ0n) is 13.8. The summed E-state index contributed by atoms with van der Waals surface area (Å²) in [4.78, 5) is 10.8. The summed E-state index contributed by atoms with van der Waals surface area (Å²) < 4.78 is 36.7. The highest BCUT2D eigenvalue weighted by Crippen LogP contribution is 2.18. The molecule has 0 aromatic carbocycles. The van der Waals surface area contributed by atoms with Crippen molar-refractivity contribution in [2.75, 3.05) is 44.4 Å². The quantitative estimate of drug-likeness (QED) is 0.712. The van der Waals surface area contributed by atoms with E-state index in [4.69, 9.17) is 9.47 Å². The van der Waals surface area contributed by atoms with Crippen molar-refractivity contribution in [3.63, 3.8) is 0 Å². The average molecular weight is 344 g/mol. The number of nitrogens with zero attached hydrogens (tertiary/aromatic N) is 3. The second-order valence-electron chi connectivity index (χ2n) is 5.55. The van der Waals surface area contributed by atoms with Crippen LogP contribution in [0.2, 0.25) is 0 Å². The molecule has 0 saturated carbocycles. The molecule has 9 heteroatoms. The molecule has 1 fully saturated rings. The third-order valence-corrected chi connectivity index (χ3v) is 5.26. The van der Waals surface area contributed by atoms with E-state index in [1.165, 1.54) is 0 Å². The van der Waals surface area contributed by atoms with Gasteiger partial charge in [0.05, 0.1) is 18.5 Å². The van der Waals surface area contributed by atoms with Crippen molar-refractivity contribution in [3.8, 4) is 5.88 Å². The molecule has 1 saturated heterocycles. The number of morpholine rings is 1. The summed E-state index contributed by atoms with van der Waals surface area (Å²) in [7, 11) is -3.27. The van der Waals surface area contributed by atoms with E-state index >= 15 is 0 Å². The number of aryl methyl sites for hydroxylation is 1. The van der Waals surface area contributed by atoms with Crippen LogP contribution in [0.25, 0.3) is 0 Å². The second-order valence-corrected chi connectivity index (χ2v) is 7.87. The summed E-state index contributed by atoms with van der Waals surface area (Å²) >= 11 is 0. The van der Waals surface area contributed by atoms with Crippen LogP contribution in [-0.4, -0.2) is 63.1 Å². The first-order chi connectivity index (χ1) is 10.9. The van der Waals surface area contributed by atoms with Gasteiger partial charge in [0.2, 0.25) is 15.9 Å². The Morgan fingerprint density at radius 1 is 1.35 bits per heavy atom. The molecule has 0 atom stereocenters. The van der Waals surface area contributed by atoms with E-state index in [9.17, 15) is 8.42 Å². The first kappa shape index (κ1) is 17.9. The highest BCUT2D eigenvalue weighted by atomic mass is 32.2. The van der Waals surface area contributed by atoms with Gasteiger partial charge in [-0.1, -0.05) is 0 Å². The van der Waals surface area contributed by atoms with Crippen LogP contribution in [-0.2, 0) is 14.8 Å². The van der Waals surface area contributed by atoms with Gasteiger partial charge in [0, 0.05) is 25.7 Å². The van der Waals surface area contributed by atoms with Gasteiger partial charge in [-0.2, -0.15) is 4.98 Å². The van der Waals surface area contributed by atoms with Crippen LogP contribution >= 0.6 is 0 Å². The molecule has 1 aliphatic rings. The van der Waals surface area contributed by atoms with Crippen molar-refractivity contribution in [2.24, 2.45) is 0 Å². The van der Waals surface area contributed by atoms with Crippen molar-refractivity contribution < 1.29 is 17.9 Å². The molecule has 0 amide bonds. The zero-order chi connectivity index (χ0) is 16.9. The Kier molecular flexibility index (Phi) is 6.14. The van der Waals surface area contributed by atoms with E-state index in [-0.39, 0.29) is 13.2 Å².